The molecule has 0 atom stereocenters. The Morgan fingerprint density at radius 2 is 1.83 bits per heavy atom. The molecule has 1 N–H and O–H groups in total. The van der Waals surface area contributed by atoms with Crippen LogP contribution in [0.5, 0.6) is 0 Å². The summed E-state index contributed by atoms with van der Waals surface area (Å²) in [4.78, 5) is 4.68. The van der Waals surface area contributed by atoms with Crippen molar-refractivity contribution >= 4 is 45.0 Å². The molecule has 0 saturated carbocycles. The fourth-order valence-electron chi connectivity index (χ4n) is 2.41. The van der Waals surface area contributed by atoms with Crippen LogP contribution in [0.2, 0.25) is 0 Å². The zero-order valence-electron chi connectivity index (χ0n) is 13.0. The Morgan fingerprint density at radius 1 is 1.04 bits per heavy atom. The number of hydrogen-bond donors (Lipinski definition) is 1. The van der Waals surface area contributed by atoms with E-state index < -0.39 is 0 Å². The fourth-order valence-corrected chi connectivity index (χ4v) is 4.17. The van der Waals surface area contributed by atoms with Crippen molar-refractivity contribution in [2.24, 2.45) is 7.05 Å². The van der Waals surface area contributed by atoms with Crippen molar-refractivity contribution in [1.29, 1.82) is 0 Å². The highest BCUT2D eigenvalue weighted by Crippen LogP contribution is 2.30. The molecular weight excluding hydrogens is 338 g/mol. The van der Waals surface area contributed by atoms with E-state index in [4.69, 9.17) is 0 Å². The molecule has 0 fully saturated rings. The Morgan fingerprint density at radius 3 is 2.67 bits per heavy atom. The third-order valence-electron chi connectivity index (χ3n) is 3.64. The Labute approximate surface area is 147 Å². The number of rotatable bonds is 5. The number of aryl methyl sites for hydroxylation is 1. The Hall–Kier alpha value is -2.38. The van der Waals surface area contributed by atoms with Crippen LogP contribution in [-0.4, -0.2) is 19.7 Å². The standard InChI is InChI=1S/C17H15N5S2/c1-22-14-10-6-5-9-13(14)19-15(22)11-23-17-21-20-16(24-17)18-12-7-3-2-4-8-12/h2-10H,11H2,1H3,(H,18,20). The lowest BCUT2D eigenvalue weighted by molar-refractivity contribution is 0.875. The maximum Gasteiger partial charge on any atom is 0.210 e. The molecule has 4 rings (SSSR count). The van der Waals surface area contributed by atoms with E-state index in [2.05, 4.69) is 31.1 Å². The van der Waals surface area contributed by atoms with Crippen molar-refractivity contribution in [1.82, 2.24) is 19.7 Å². The Balaban J connectivity index is 1.45. The Bertz CT molecular complexity index is 961. The number of nitrogens with zero attached hydrogens (tertiary/aromatic N) is 4. The maximum atomic E-state index is 4.68. The van der Waals surface area contributed by atoms with E-state index in [9.17, 15) is 0 Å². The number of thioether (sulfide) groups is 1. The molecule has 2 heterocycles. The molecule has 0 amide bonds. The van der Waals surface area contributed by atoms with Crippen LogP contribution in [-0.2, 0) is 12.8 Å². The van der Waals surface area contributed by atoms with Gasteiger partial charge in [0.05, 0.1) is 16.8 Å². The zero-order chi connectivity index (χ0) is 16.4. The van der Waals surface area contributed by atoms with E-state index in [1.54, 1.807) is 23.1 Å². The molecule has 24 heavy (non-hydrogen) atoms. The summed E-state index contributed by atoms with van der Waals surface area (Å²) < 4.78 is 3.06. The molecule has 7 heteroatoms. The van der Waals surface area contributed by atoms with Crippen LogP contribution in [0.15, 0.2) is 58.9 Å². The number of aromatic nitrogens is 4. The first-order valence-corrected chi connectivity index (χ1v) is 9.28. The van der Waals surface area contributed by atoms with Gasteiger partial charge in [0.2, 0.25) is 5.13 Å². The van der Waals surface area contributed by atoms with Gasteiger partial charge < -0.3 is 9.88 Å². The van der Waals surface area contributed by atoms with Crippen LogP contribution >= 0.6 is 23.1 Å². The van der Waals surface area contributed by atoms with E-state index in [0.717, 1.165) is 37.8 Å². The Kier molecular flexibility index (Phi) is 4.18. The minimum absolute atomic E-state index is 0.769. The smallest absolute Gasteiger partial charge is 0.210 e. The van der Waals surface area contributed by atoms with Crippen LogP contribution < -0.4 is 5.32 Å². The third kappa shape index (κ3) is 3.13. The van der Waals surface area contributed by atoms with E-state index >= 15 is 0 Å². The van der Waals surface area contributed by atoms with Gasteiger partial charge in [-0.1, -0.05) is 53.4 Å². The van der Waals surface area contributed by atoms with Gasteiger partial charge in [-0.25, -0.2) is 4.98 Å². The summed E-state index contributed by atoms with van der Waals surface area (Å²) >= 11 is 3.21. The predicted octanol–water partition coefficient (Wildman–Crippen LogP) is 4.46. The molecular formula is C17H15N5S2. The number of hydrogen-bond acceptors (Lipinski definition) is 6. The second-order valence-electron chi connectivity index (χ2n) is 5.23. The molecule has 0 aliphatic carbocycles. The van der Waals surface area contributed by atoms with Gasteiger partial charge in [0, 0.05) is 12.7 Å². The maximum absolute atomic E-state index is 4.68. The van der Waals surface area contributed by atoms with E-state index in [1.165, 1.54) is 0 Å². The lowest BCUT2D eigenvalue weighted by Gasteiger charge is -2.00. The topological polar surface area (TPSA) is 55.6 Å². The summed E-state index contributed by atoms with van der Waals surface area (Å²) in [6, 6.07) is 18.2. The lowest BCUT2D eigenvalue weighted by atomic mass is 10.3. The third-order valence-corrected chi connectivity index (χ3v) is 5.60. The fraction of sp³-hybridized carbons (Fsp3) is 0.118. The second kappa shape index (κ2) is 6.62. The molecule has 120 valence electrons. The molecule has 0 bridgehead atoms. The van der Waals surface area contributed by atoms with Crippen LogP contribution in [0.3, 0.4) is 0 Å². The largest absolute Gasteiger partial charge is 0.330 e. The average molecular weight is 353 g/mol. The van der Waals surface area contributed by atoms with Crippen LogP contribution in [0, 0.1) is 0 Å². The van der Waals surface area contributed by atoms with Gasteiger partial charge in [0.1, 0.15) is 5.82 Å². The first kappa shape index (κ1) is 15.2. The minimum atomic E-state index is 0.769. The first-order chi connectivity index (χ1) is 11.8. The number of benzene rings is 2. The summed E-state index contributed by atoms with van der Waals surface area (Å²) in [5, 5.41) is 12.5. The minimum Gasteiger partial charge on any atom is -0.330 e. The first-order valence-electron chi connectivity index (χ1n) is 7.48. The molecule has 4 aromatic rings. The highest BCUT2D eigenvalue weighted by Gasteiger charge is 2.10. The molecule has 2 aromatic carbocycles. The SMILES string of the molecule is Cn1c(CSc2nnc(Nc3ccccc3)s2)nc2ccccc21. The summed E-state index contributed by atoms with van der Waals surface area (Å²) in [6.07, 6.45) is 0. The predicted molar refractivity (Wildman–Crippen MR) is 99.9 cm³/mol. The average Bonchev–Trinajstić information content (AvgIpc) is 3.19. The van der Waals surface area contributed by atoms with Crippen molar-refractivity contribution in [2.45, 2.75) is 10.1 Å². The highest BCUT2D eigenvalue weighted by molar-refractivity contribution is 8.00. The number of para-hydroxylation sites is 3. The zero-order valence-corrected chi connectivity index (χ0v) is 14.6. The van der Waals surface area contributed by atoms with E-state index in [-0.39, 0.29) is 0 Å². The number of nitrogens with one attached hydrogen (secondary N) is 1. The summed E-state index contributed by atoms with van der Waals surface area (Å²) in [5.41, 5.74) is 3.19. The normalized spacial score (nSPS) is 11.0. The second-order valence-corrected chi connectivity index (χ2v) is 7.43. The summed E-state index contributed by atoms with van der Waals surface area (Å²) in [6.45, 7) is 0. The van der Waals surface area contributed by atoms with E-state index in [0.29, 0.717) is 0 Å². The molecule has 0 unspecified atom stereocenters. The number of imidazole rings is 1. The van der Waals surface area contributed by atoms with Crippen molar-refractivity contribution in [3.05, 3.63) is 60.4 Å². The van der Waals surface area contributed by atoms with Gasteiger partial charge in [-0.2, -0.15) is 0 Å². The molecule has 2 aromatic heterocycles. The highest BCUT2D eigenvalue weighted by atomic mass is 32.2. The van der Waals surface area contributed by atoms with Gasteiger partial charge >= 0.3 is 0 Å². The quantitative estimate of drug-likeness (QED) is 0.537. The summed E-state index contributed by atoms with van der Waals surface area (Å²) in [7, 11) is 2.05. The molecule has 0 aliphatic rings. The van der Waals surface area contributed by atoms with Crippen LogP contribution in [0.1, 0.15) is 5.82 Å². The van der Waals surface area contributed by atoms with Crippen molar-refractivity contribution in [3.8, 4) is 0 Å². The molecule has 0 spiro atoms. The lowest BCUT2D eigenvalue weighted by Crippen LogP contribution is -1.95. The summed E-state index contributed by atoms with van der Waals surface area (Å²) in [5.74, 6) is 1.81. The van der Waals surface area contributed by atoms with Crippen molar-refractivity contribution < 1.29 is 0 Å². The van der Waals surface area contributed by atoms with Gasteiger partial charge in [0.15, 0.2) is 4.34 Å². The van der Waals surface area contributed by atoms with Gasteiger partial charge in [-0.3, -0.25) is 0 Å². The molecule has 0 saturated heterocycles. The van der Waals surface area contributed by atoms with Crippen molar-refractivity contribution in [2.75, 3.05) is 5.32 Å². The van der Waals surface area contributed by atoms with Gasteiger partial charge in [-0.15, -0.1) is 10.2 Å². The monoisotopic (exact) mass is 353 g/mol. The van der Waals surface area contributed by atoms with Crippen molar-refractivity contribution in [3.63, 3.8) is 0 Å². The van der Waals surface area contributed by atoms with Crippen LogP contribution in [0.4, 0.5) is 10.8 Å². The molecule has 0 aliphatic heterocycles. The molecule has 0 radical (unpaired) electrons. The van der Waals surface area contributed by atoms with Gasteiger partial charge in [0.25, 0.3) is 0 Å². The van der Waals surface area contributed by atoms with Crippen LogP contribution in [0.25, 0.3) is 11.0 Å². The number of fused-ring (bicyclic) bond motifs is 1. The number of anilines is 2. The van der Waals surface area contributed by atoms with E-state index in [1.807, 2.05) is 55.6 Å². The van der Waals surface area contributed by atoms with Gasteiger partial charge in [-0.05, 0) is 24.3 Å². The molecule has 5 nitrogen and oxygen atoms in total.